The van der Waals surface area contributed by atoms with Gasteiger partial charge < -0.3 is 14.2 Å². The third-order valence-electron chi connectivity index (χ3n) is 7.31. The number of amides is 1. The van der Waals surface area contributed by atoms with Gasteiger partial charge in [-0.05, 0) is 67.1 Å². The molecule has 0 aliphatic carbocycles. The van der Waals surface area contributed by atoms with Crippen molar-refractivity contribution in [3.63, 3.8) is 0 Å². The highest BCUT2D eigenvalue weighted by Crippen LogP contribution is 2.35. The first-order chi connectivity index (χ1) is 20.2. The fourth-order valence-electron chi connectivity index (χ4n) is 4.95. The topological polar surface area (TPSA) is 63.5 Å². The Morgan fingerprint density at radius 3 is 2.40 bits per heavy atom. The number of carbonyl (C=O) groups excluding carboxylic acids is 1. The van der Waals surface area contributed by atoms with Gasteiger partial charge in [-0.15, -0.1) is 0 Å². The largest absolute Gasteiger partial charge is 0.360 e. The van der Waals surface area contributed by atoms with Crippen LogP contribution in [0.2, 0.25) is 0 Å². The van der Waals surface area contributed by atoms with Gasteiger partial charge in [0, 0.05) is 36.8 Å². The second-order valence-corrected chi connectivity index (χ2v) is 15.9. The maximum atomic E-state index is 12.0. The van der Waals surface area contributed by atoms with Gasteiger partial charge in [0.25, 0.3) is 0 Å². The maximum absolute atomic E-state index is 12.0. The second-order valence-electron chi connectivity index (χ2n) is 11.3. The average molecular weight is 582 g/mol. The summed E-state index contributed by atoms with van der Waals surface area (Å²) in [5, 5.41) is 0. The summed E-state index contributed by atoms with van der Waals surface area (Å²) < 4.78 is 8.13. The van der Waals surface area contributed by atoms with E-state index in [-0.39, 0.29) is 6.73 Å². The van der Waals surface area contributed by atoms with Gasteiger partial charge in [-0.2, -0.15) is 0 Å². The van der Waals surface area contributed by atoms with E-state index in [4.69, 9.17) is 9.72 Å². The SMILES string of the molecule is Cc1nc2c(-c3ccc(N(C)c4ncccc4N(C=O)COCCS(C)(C)C)cc3)cccc2n1Cc1ccccc1. The maximum Gasteiger partial charge on any atom is 0.216 e. The highest BCUT2D eigenvalue weighted by molar-refractivity contribution is 8.32. The monoisotopic (exact) mass is 581 g/mol. The summed E-state index contributed by atoms with van der Waals surface area (Å²) in [6, 6.07) is 29.0. The highest BCUT2D eigenvalue weighted by atomic mass is 32.3. The molecule has 0 aliphatic heterocycles. The van der Waals surface area contributed by atoms with Crippen molar-refractivity contribution in [1.82, 2.24) is 14.5 Å². The van der Waals surface area contributed by atoms with Crippen LogP contribution in [-0.2, 0) is 16.1 Å². The van der Waals surface area contributed by atoms with Crippen LogP contribution < -0.4 is 9.80 Å². The van der Waals surface area contributed by atoms with E-state index >= 15 is 0 Å². The summed E-state index contributed by atoms with van der Waals surface area (Å²) >= 11 is 0. The number of fused-ring (bicyclic) bond motifs is 1. The molecular weight excluding hydrogens is 542 g/mol. The van der Waals surface area contributed by atoms with E-state index in [1.165, 1.54) is 5.56 Å². The molecule has 0 saturated heterocycles. The van der Waals surface area contributed by atoms with E-state index in [0.29, 0.717) is 18.1 Å². The molecule has 2 aromatic heterocycles. The molecule has 0 saturated carbocycles. The van der Waals surface area contributed by atoms with Gasteiger partial charge in [0.15, 0.2) is 5.82 Å². The first-order valence-corrected chi connectivity index (χ1v) is 17.0. The standard InChI is InChI=1S/C34H39N5O2S/c1-26-36-33-30(13-9-14-31(33)39(26)23-27-11-7-6-8-12-27)28-16-18-29(19-17-28)37(2)34-32(15-10-20-35-34)38(24-40)25-41-21-22-42(3,4)5/h6-20,24H,21-23,25H2,1-5H3. The van der Waals surface area contributed by atoms with Crippen LogP contribution in [-0.4, -0.2) is 65.9 Å². The molecule has 7 nitrogen and oxygen atoms in total. The third-order valence-corrected chi connectivity index (χ3v) is 8.70. The van der Waals surface area contributed by atoms with Crippen LogP contribution in [0.5, 0.6) is 0 Å². The van der Waals surface area contributed by atoms with Crippen LogP contribution in [0.25, 0.3) is 22.2 Å². The number of para-hydroxylation sites is 1. The quantitative estimate of drug-likeness (QED) is 0.0916. The summed E-state index contributed by atoms with van der Waals surface area (Å²) in [6.07, 6.45) is 9.32. The van der Waals surface area contributed by atoms with E-state index in [2.05, 4.69) is 102 Å². The number of imidazole rings is 1. The van der Waals surface area contributed by atoms with Gasteiger partial charge in [0.2, 0.25) is 6.41 Å². The molecule has 5 rings (SSSR count). The molecule has 0 aliphatic rings. The van der Waals surface area contributed by atoms with E-state index in [1.807, 2.05) is 30.1 Å². The zero-order chi connectivity index (χ0) is 29.7. The van der Waals surface area contributed by atoms with E-state index in [0.717, 1.165) is 52.4 Å². The minimum atomic E-state index is -0.659. The molecule has 0 bridgehead atoms. The number of carbonyl (C=O) groups is 1. The van der Waals surface area contributed by atoms with Crippen LogP contribution in [0.3, 0.4) is 0 Å². The Morgan fingerprint density at radius 1 is 0.929 bits per heavy atom. The van der Waals surface area contributed by atoms with E-state index in [9.17, 15) is 4.79 Å². The number of hydrogen-bond acceptors (Lipinski definition) is 5. The molecule has 1 amide bonds. The summed E-state index contributed by atoms with van der Waals surface area (Å²) in [4.78, 5) is 25.2. The van der Waals surface area contributed by atoms with Crippen LogP contribution in [0.1, 0.15) is 11.4 Å². The Labute approximate surface area is 250 Å². The molecule has 0 atom stereocenters. The van der Waals surface area contributed by atoms with E-state index < -0.39 is 10.0 Å². The van der Waals surface area contributed by atoms with Crippen molar-refractivity contribution >= 4 is 44.7 Å². The van der Waals surface area contributed by atoms with Crippen LogP contribution in [0.4, 0.5) is 17.2 Å². The lowest BCUT2D eigenvalue weighted by atomic mass is 10.0. The summed E-state index contributed by atoms with van der Waals surface area (Å²) in [7, 11) is 1.30. The number of rotatable bonds is 12. The lowest BCUT2D eigenvalue weighted by Gasteiger charge is -2.27. The predicted molar refractivity (Wildman–Crippen MR) is 177 cm³/mol. The van der Waals surface area contributed by atoms with Crippen molar-refractivity contribution in [2.75, 3.05) is 54.7 Å². The number of ether oxygens (including phenoxy) is 1. The van der Waals surface area contributed by atoms with Gasteiger partial charge in [0.05, 0.1) is 23.3 Å². The molecule has 0 radical (unpaired) electrons. The number of hydrogen-bond donors (Lipinski definition) is 0. The summed E-state index contributed by atoms with van der Waals surface area (Å²) in [6.45, 7) is 3.65. The van der Waals surface area contributed by atoms with Crippen molar-refractivity contribution in [3.05, 3.63) is 103 Å². The minimum Gasteiger partial charge on any atom is -0.360 e. The predicted octanol–water partition coefficient (Wildman–Crippen LogP) is 6.85. The number of pyridine rings is 1. The zero-order valence-corrected chi connectivity index (χ0v) is 25.8. The molecular formula is C34H39N5O2S. The molecule has 2 heterocycles. The zero-order valence-electron chi connectivity index (χ0n) is 25.0. The molecule has 218 valence electrons. The smallest absolute Gasteiger partial charge is 0.216 e. The number of benzene rings is 3. The fraction of sp³-hybridized carbons (Fsp3) is 0.265. The molecule has 0 fully saturated rings. The van der Waals surface area contributed by atoms with Gasteiger partial charge >= 0.3 is 0 Å². The lowest BCUT2D eigenvalue weighted by Crippen LogP contribution is -2.28. The normalized spacial score (nSPS) is 11.9. The number of aromatic nitrogens is 3. The molecule has 3 aromatic carbocycles. The molecule has 8 heteroatoms. The summed E-state index contributed by atoms with van der Waals surface area (Å²) in [5.41, 5.74) is 7.20. The van der Waals surface area contributed by atoms with Gasteiger partial charge in [-0.1, -0.05) is 54.6 Å². The number of aryl methyl sites for hydroxylation is 1. The van der Waals surface area contributed by atoms with E-state index in [1.54, 1.807) is 11.1 Å². The van der Waals surface area contributed by atoms with Gasteiger partial charge in [0.1, 0.15) is 12.6 Å². The van der Waals surface area contributed by atoms with Crippen molar-refractivity contribution in [2.45, 2.75) is 13.5 Å². The highest BCUT2D eigenvalue weighted by Gasteiger charge is 2.18. The Hall–Kier alpha value is -4.14. The number of nitrogens with zero attached hydrogens (tertiary/aromatic N) is 5. The van der Waals surface area contributed by atoms with Crippen molar-refractivity contribution in [2.24, 2.45) is 0 Å². The van der Waals surface area contributed by atoms with Crippen LogP contribution in [0.15, 0.2) is 91.1 Å². The van der Waals surface area contributed by atoms with Gasteiger partial charge in [-0.3, -0.25) is 9.69 Å². The van der Waals surface area contributed by atoms with Crippen LogP contribution >= 0.6 is 10.0 Å². The summed E-state index contributed by atoms with van der Waals surface area (Å²) in [5.74, 6) is 2.66. The fourth-order valence-corrected chi connectivity index (χ4v) is 5.57. The van der Waals surface area contributed by atoms with Crippen molar-refractivity contribution in [3.8, 4) is 11.1 Å². The Kier molecular flexibility index (Phi) is 8.94. The first kappa shape index (κ1) is 29.4. The molecule has 0 unspecified atom stereocenters. The Balaban J connectivity index is 1.37. The average Bonchev–Trinajstić information content (AvgIpc) is 3.31. The van der Waals surface area contributed by atoms with Crippen LogP contribution in [0, 0.1) is 6.92 Å². The first-order valence-electron chi connectivity index (χ1n) is 14.0. The van der Waals surface area contributed by atoms with Crippen molar-refractivity contribution in [1.29, 1.82) is 0 Å². The molecule has 0 N–H and O–H groups in total. The Bertz CT molecular complexity index is 1640. The molecule has 42 heavy (non-hydrogen) atoms. The lowest BCUT2D eigenvalue weighted by molar-refractivity contribution is -0.108. The number of anilines is 3. The Morgan fingerprint density at radius 2 is 1.69 bits per heavy atom. The molecule has 5 aromatic rings. The minimum absolute atomic E-state index is 0.185. The van der Waals surface area contributed by atoms with Gasteiger partial charge in [-0.25, -0.2) is 20.0 Å². The second kappa shape index (κ2) is 12.8. The van der Waals surface area contributed by atoms with Crippen molar-refractivity contribution < 1.29 is 9.53 Å². The third kappa shape index (κ3) is 6.66. The molecule has 0 spiro atoms.